The predicted octanol–water partition coefficient (Wildman–Crippen LogP) is 3.50. The van der Waals surface area contributed by atoms with Gasteiger partial charge in [-0.05, 0) is 6.42 Å². The standard InChI is InChI=1S/C11H19ClN2O/c1-4-5-6-15-7-9-10(12)14-11(13-9)8(2)3/h8H,4-7H2,1-3H3,(H,13,14). The lowest BCUT2D eigenvalue weighted by Crippen LogP contribution is -1.96. The zero-order chi connectivity index (χ0) is 11.3. The first-order valence-electron chi connectivity index (χ1n) is 5.47. The molecule has 0 aliphatic carbocycles. The maximum atomic E-state index is 5.98. The number of hydrogen-bond donors (Lipinski definition) is 1. The first-order valence-corrected chi connectivity index (χ1v) is 5.85. The van der Waals surface area contributed by atoms with Crippen LogP contribution in [0.1, 0.15) is 51.0 Å². The summed E-state index contributed by atoms with van der Waals surface area (Å²) in [5, 5.41) is 0.537. The van der Waals surface area contributed by atoms with E-state index in [0.29, 0.717) is 17.7 Å². The highest BCUT2D eigenvalue weighted by atomic mass is 35.5. The van der Waals surface area contributed by atoms with Crippen molar-refractivity contribution in [2.45, 2.75) is 46.1 Å². The summed E-state index contributed by atoms with van der Waals surface area (Å²) in [6.07, 6.45) is 2.23. The molecule has 0 unspecified atom stereocenters. The van der Waals surface area contributed by atoms with Gasteiger partial charge < -0.3 is 9.72 Å². The van der Waals surface area contributed by atoms with E-state index in [4.69, 9.17) is 16.3 Å². The largest absolute Gasteiger partial charge is 0.375 e. The lowest BCUT2D eigenvalue weighted by molar-refractivity contribution is 0.116. The summed E-state index contributed by atoms with van der Waals surface area (Å²) in [6.45, 7) is 7.61. The van der Waals surface area contributed by atoms with E-state index in [9.17, 15) is 0 Å². The molecule has 3 nitrogen and oxygen atoms in total. The van der Waals surface area contributed by atoms with E-state index in [1.54, 1.807) is 0 Å². The molecule has 1 aromatic heterocycles. The highest BCUT2D eigenvalue weighted by Gasteiger charge is 2.10. The van der Waals surface area contributed by atoms with Crippen molar-refractivity contribution in [3.05, 3.63) is 16.7 Å². The van der Waals surface area contributed by atoms with Gasteiger partial charge in [-0.15, -0.1) is 0 Å². The molecule has 0 spiro atoms. The van der Waals surface area contributed by atoms with Gasteiger partial charge in [-0.2, -0.15) is 0 Å². The van der Waals surface area contributed by atoms with Crippen molar-refractivity contribution < 1.29 is 4.74 Å². The number of hydrogen-bond acceptors (Lipinski definition) is 2. The molecular formula is C11H19ClN2O. The summed E-state index contributed by atoms with van der Waals surface area (Å²) in [7, 11) is 0. The van der Waals surface area contributed by atoms with Gasteiger partial charge in [-0.3, -0.25) is 0 Å². The molecule has 0 aromatic carbocycles. The Kier molecular flexibility index (Phi) is 5.12. The molecule has 0 amide bonds. The number of halogens is 1. The number of rotatable bonds is 6. The third kappa shape index (κ3) is 3.84. The zero-order valence-electron chi connectivity index (χ0n) is 9.64. The van der Waals surface area contributed by atoms with Crippen LogP contribution < -0.4 is 0 Å². The van der Waals surface area contributed by atoms with Gasteiger partial charge in [0.2, 0.25) is 0 Å². The van der Waals surface area contributed by atoms with Crippen LogP contribution in [0, 0.1) is 0 Å². The highest BCUT2D eigenvalue weighted by molar-refractivity contribution is 6.30. The average Bonchev–Trinajstić information content (AvgIpc) is 2.55. The van der Waals surface area contributed by atoms with E-state index in [-0.39, 0.29) is 0 Å². The van der Waals surface area contributed by atoms with Crippen molar-refractivity contribution in [1.29, 1.82) is 0 Å². The van der Waals surface area contributed by atoms with E-state index in [1.807, 2.05) is 0 Å². The molecule has 0 radical (unpaired) electrons. The molecule has 1 N–H and O–H groups in total. The maximum absolute atomic E-state index is 5.98. The number of unbranched alkanes of at least 4 members (excludes halogenated alkanes) is 1. The molecule has 4 heteroatoms. The maximum Gasteiger partial charge on any atom is 0.152 e. The van der Waals surface area contributed by atoms with Crippen LogP contribution in [0.3, 0.4) is 0 Å². The molecule has 0 atom stereocenters. The van der Waals surface area contributed by atoms with Crippen LogP contribution in [0.5, 0.6) is 0 Å². The molecule has 0 saturated carbocycles. The van der Waals surface area contributed by atoms with E-state index < -0.39 is 0 Å². The topological polar surface area (TPSA) is 37.9 Å². The van der Waals surface area contributed by atoms with Gasteiger partial charge in [-0.1, -0.05) is 38.8 Å². The van der Waals surface area contributed by atoms with Crippen molar-refractivity contribution >= 4 is 11.6 Å². The van der Waals surface area contributed by atoms with Crippen molar-refractivity contribution in [3.8, 4) is 0 Å². The fourth-order valence-electron chi connectivity index (χ4n) is 1.20. The lowest BCUT2D eigenvalue weighted by atomic mass is 10.2. The molecule has 1 aromatic rings. The molecule has 86 valence electrons. The Morgan fingerprint density at radius 2 is 2.20 bits per heavy atom. The number of nitrogens with one attached hydrogen (secondary N) is 1. The fraction of sp³-hybridized carbons (Fsp3) is 0.727. The third-order valence-corrected chi connectivity index (χ3v) is 2.49. The number of aromatic amines is 1. The van der Waals surface area contributed by atoms with Crippen LogP contribution in [0.4, 0.5) is 0 Å². The monoisotopic (exact) mass is 230 g/mol. The second kappa shape index (κ2) is 6.13. The van der Waals surface area contributed by atoms with Gasteiger partial charge in [0.1, 0.15) is 5.82 Å². The number of aromatic nitrogens is 2. The van der Waals surface area contributed by atoms with Crippen molar-refractivity contribution in [1.82, 2.24) is 9.97 Å². The van der Waals surface area contributed by atoms with Gasteiger partial charge in [0, 0.05) is 12.5 Å². The normalized spacial score (nSPS) is 11.3. The van der Waals surface area contributed by atoms with E-state index >= 15 is 0 Å². The minimum Gasteiger partial charge on any atom is -0.375 e. The summed E-state index contributed by atoms with van der Waals surface area (Å²) < 4.78 is 5.48. The van der Waals surface area contributed by atoms with E-state index in [2.05, 4.69) is 30.7 Å². The lowest BCUT2D eigenvalue weighted by Gasteiger charge is -2.01. The SMILES string of the molecule is CCCCOCc1[nH]c(C(C)C)nc1Cl. The van der Waals surface area contributed by atoms with Gasteiger partial charge in [0.25, 0.3) is 0 Å². The molecular weight excluding hydrogens is 212 g/mol. The molecule has 15 heavy (non-hydrogen) atoms. The molecule has 0 aliphatic rings. The van der Waals surface area contributed by atoms with E-state index in [1.165, 1.54) is 0 Å². The Balaban J connectivity index is 2.46. The molecule has 0 saturated heterocycles. The summed E-state index contributed by atoms with van der Waals surface area (Å²) in [6, 6.07) is 0. The predicted molar refractivity (Wildman–Crippen MR) is 62.3 cm³/mol. The molecule has 0 aliphatic heterocycles. The second-order valence-electron chi connectivity index (χ2n) is 3.95. The summed E-state index contributed by atoms with van der Waals surface area (Å²) in [5.41, 5.74) is 0.886. The second-order valence-corrected chi connectivity index (χ2v) is 4.31. The number of ether oxygens (including phenoxy) is 1. The Hall–Kier alpha value is -0.540. The quantitative estimate of drug-likeness (QED) is 0.760. The summed E-state index contributed by atoms with van der Waals surface area (Å²) in [5.74, 6) is 1.29. The minimum absolute atomic E-state index is 0.367. The number of H-pyrrole nitrogens is 1. The Morgan fingerprint density at radius 3 is 2.73 bits per heavy atom. The number of imidazole rings is 1. The van der Waals surface area contributed by atoms with E-state index in [0.717, 1.165) is 31.0 Å². The third-order valence-electron chi connectivity index (χ3n) is 2.18. The van der Waals surface area contributed by atoms with Crippen molar-refractivity contribution in [2.75, 3.05) is 6.61 Å². The van der Waals surface area contributed by atoms with Gasteiger partial charge in [0.15, 0.2) is 5.15 Å². The van der Waals surface area contributed by atoms with Gasteiger partial charge in [-0.25, -0.2) is 4.98 Å². The van der Waals surface area contributed by atoms with Crippen LogP contribution in [-0.4, -0.2) is 16.6 Å². The molecule has 1 rings (SSSR count). The van der Waals surface area contributed by atoms with Crippen LogP contribution >= 0.6 is 11.6 Å². The molecule has 0 bridgehead atoms. The highest BCUT2D eigenvalue weighted by Crippen LogP contribution is 2.18. The van der Waals surface area contributed by atoms with Crippen molar-refractivity contribution in [2.24, 2.45) is 0 Å². The molecule has 1 heterocycles. The Bertz CT molecular complexity index is 297. The summed E-state index contributed by atoms with van der Waals surface area (Å²) in [4.78, 5) is 7.43. The summed E-state index contributed by atoms with van der Waals surface area (Å²) >= 11 is 5.98. The Labute approximate surface area is 96.2 Å². The van der Waals surface area contributed by atoms with Crippen LogP contribution in [0.25, 0.3) is 0 Å². The first-order chi connectivity index (χ1) is 7.15. The van der Waals surface area contributed by atoms with Crippen LogP contribution in [0.15, 0.2) is 0 Å². The molecule has 0 fully saturated rings. The Morgan fingerprint density at radius 1 is 1.47 bits per heavy atom. The fourth-order valence-corrected chi connectivity index (χ4v) is 1.39. The van der Waals surface area contributed by atoms with Crippen LogP contribution in [0.2, 0.25) is 5.15 Å². The zero-order valence-corrected chi connectivity index (χ0v) is 10.4. The van der Waals surface area contributed by atoms with Gasteiger partial charge in [0.05, 0.1) is 12.3 Å². The first kappa shape index (κ1) is 12.5. The number of nitrogens with zero attached hydrogens (tertiary/aromatic N) is 1. The van der Waals surface area contributed by atoms with Gasteiger partial charge >= 0.3 is 0 Å². The average molecular weight is 231 g/mol. The smallest absolute Gasteiger partial charge is 0.152 e. The van der Waals surface area contributed by atoms with Crippen LogP contribution in [-0.2, 0) is 11.3 Å². The van der Waals surface area contributed by atoms with Crippen molar-refractivity contribution in [3.63, 3.8) is 0 Å². The minimum atomic E-state index is 0.367.